The third kappa shape index (κ3) is 4.89. The molecule has 3 aromatic heterocycles. The summed E-state index contributed by atoms with van der Waals surface area (Å²) in [4.78, 5) is 21.0. The first-order chi connectivity index (χ1) is 16.9. The molecule has 0 radical (unpaired) electrons. The minimum atomic E-state index is -0.578. The Morgan fingerprint density at radius 3 is 2.51 bits per heavy atom. The Morgan fingerprint density at radius 1 is 1.11 bits per heavy atom. The number of rotatable bonds is 6. The zero-order valence-electron chi connectivity index (χ0n) is 18.1. The fraction of sp³-hybridized carbons (Fsp3) is 0.0455. The van der Waals surface area contributed by atoms with Gasteiger partial charge in [-0.15, -0.1) is 10.2 Å². The number of benzene rings is 1. The van der Waals surface area contributed by atoms with E-state index in [1.807, 2.05) is 0 Å². The summed E-state index contributed by atoms with van der Waals surface area (Å²) in [6, 6.07) is 15.4. The number of halogens is 2. The van der Waals surface area contributed by atoms with Crippen LogP contribution in [0.25, 0.3) is 17.2 Å². The molecule has 0 spiro atoms. The van der Waals surface area contributed by atoms with Gasteiger partial charge in [0.1, 0.15) is 17.5 Å². The number of nitrogens with zero attached hydrogens (tertiary/aromatic N) is 7. The molecule has 4 aromatic rings. The molecular weight excluding hydrogens is 491 g/mol. The van der Waals surface area contributed by atoms with Gasteiger partial charge in [-0.1, -0.05) is 35.3 Å². The molecule has 0 saturated heterocycles. The van der Waals surface area contributed by atoms with Gasteiger partial charge >= 0.3 is 0 Å². The highest BCUT2D eigenvalue weighted by Crippen LogP contribution is 2.29. The molecule has 174 valence electrons. The number of para-hydroxylation sites is 1. The van der Waals surface area contributed by atoms with Crippen LogP contribution in [0, 0.1) is 11.3 Å². The van der Waals surface area contributed by atoms with Crippen molar-refractivity contribution in [2.75, 3.05) is 12.5 Å². The average molecular weight is 507 g/mol. The molecule has 0 atom stereocenters. The number of amidine groups is 1. The molecule has 0 aliphatic heterocycles. The summed E-state index contributed by atoms with van der Waals surface area (Å²) in [5.41, 5.74) is 10.6. The topological polar surface area (TPSA) is 159 Å². The maximum Gasteiger partial charge on any atom is 0.275 e. The lowest BCUT2D eigenvalue weighted by Gasteiger charge is -2.09. The lowest BCUT2D eigenvalue weighted by atomic mass is 10.3. The Balaban J connectivity index is 1.64. The van der Waals surface area contributed by atoms with Crippen molar-refractivity contribution in [3.05, 3.63) is 70.5 Å². The second kappa shape index (κ2) is 10.2. The summed E-state index contributed by atoms with van der Waals surface area (Å²) in [5, 5.41) is 24.7. The van der Waals surface area contributed by atoms with E-state index in [2.05, 4.69) is 42.1 Å². The summed E-state index contributed by atoms with van der Waals surface area (Å²) < 4.78 is 1.60. The van der Waals surface area contributed by atoms with Gasteiger partial charge in [0.25, 0.3) is 5.91 Å². The first-order valence-corrected chi connectivity index (χ1v) is 10.7. The molecule has 1 aromatic carbocycles. The number of nitrogens with one attached hydrogen (secondary N) is 2. The molecule has 1 amide bonds. The largest absolute Gasteiger partial charge is 0.382 e. The van der Waals surface area contributed by atoms with E-state index in [4.69, 9.17) is 28.9 Å². The molecule has 0 saturated carbocycles. The molecular formula is C22H16Cl2N10O. The molecule has 0 aliphatic carbocycles. The van der Waals surface area contributed by atoms with Gasteiger partial charge < -0.3 is 11.1 Å². The van der Waals surface area contributed by atoms with Crippen LogP contribution in [-0.2, 0) is 4.79 Å². The lowest BCUT2D eigenvalue weighted by Crippen LogP contribution is -2.38. The Morgan fingerprint density at radius 2 is 1.86 bits per heavy atom. The van der Waals surface area contributed by atoms with Crippen molar-refractivity contribution in [2.45, 2.75) is 0 Å². The monoisotopic (exact) mass is 506 g/mol. The van der Waals surface area contributed by atoms with Crippen molar-refractivity contribution >= 4 is 57.7 Å². The number of aliphatic imine (C=N–C) groups is 1. The van der Waals surface area contributed by atoms with Crippen LogP contribution in [0.3, 0.4) is 0 Å². The van der Waals surface area contributed by atoms with Gasteiger partial charge in [-0.2, -0.15) is 10.4 Å². The number of amides is 1. The number of hydrogen-bond donors (Lipinski definition) is 3. The zero-order chi connectivity index (χ0) is 24.9. The van der Waals surface area contributed by atoms with Gasteiger partial charge in [-0.25, -0.2) is 4.99 Å². The highest BCUT2D eigenvalue weighted by Gasteiger charge is 2.17. The van der Waals surface area contributed by atoms with E-state index in [1.165, 1.54) is 13.2 Å². The van der Waals surface area contributed by atoms with Crippen molar-refractivity contribution in [1.29, 1.82) is 5.26 Å². The molecule has 0 aliphatic rings. The molecule has 4 rings (SSSR count). The van der Waals surface area contributed by atoms with Crippen LogP contribution in [0.2, 0.25) is 10.0 Å². The van der Waals surface area contributed by atoms with Crippen LogP contribution < -0.4 is 16.5 Å². The van der Waals surface area contributed by atoms with Crippen LogP contribution in [0.1, 0.15) is 5.69 Å². The molecule has 4 N–H and O–H groups in total. The maximum atomic E-state index is 12.4. The minimum absolute atomic E-state index is 0.172. The second-order valence-corrected chi connectivity index (χ2v) is 7.70. The molecule has 11 nitrogen and oxygen atoms in total. The van der Waals surface area contributed by atoms with E-state index in [0.717, 1.165) is 0 Å². The van der Waals surface area contributed by atoms with Gasteiger partial charge in [0.05, 0.1) is 27.6 Å². The van der Waals surface area contributed by atoms with E-state index in [0.29, 0.717) is 44.3 Å². The zero-order valence-corrected chi connectivity index (χ0v) is 19.6. The van der Waals surface area contributed by atoms with Gasteiger partial charge in [0.2, 0.25) is 0 Å². The van der Waals surface area contributed by atoms with Crippen LogP contribution in [0.5, 0.6) is 0 Å². The fourth-order valence-corrected chi connectivity index (χ4v) is 3.51. The van der Waals surface area contributed by atoms with E-state index in [9.17, 15) is 10.1 Å². The quantitative estimate of drug-likeness (QED) is 0.205. The van der Waals surface area contributed by atoms with Crippen LogP contribution in [0.4, 0.5) is 11.4 Å². The molecule has 0 fully saturated rings. The summed E-state index contributed by atoms with van der Waals surface area (Å²) in [6.07, 6.45) is 1.44. The number of carbonyl (C=O) groups excluding carboxylic acids is 1. The van der Waals surface area contributed by atoms with Crippen molar-refractivity contribution in [3.63, 3.8) is 0 Å². The number of hydrazone groups is 1. The van der Waals surface area contributed by atoms with E-state index in [1.54, 1.807) is 52.9 Å². The first-order valence-electron chi connectivity index (χ1n) is 9.98. The van der Waals surface area contributed by atoms with E-state index < -0.39 is 5.91 Å². The molecule has 13 heteroatoms. The fourth-order valence-electron chi connectivity index (χ4n) is 3.03. The van der Waals surface area contributed by atoms with Crippen LogP contribution >= 0.6 is 23.2 Å². The number of fused-ring (bicyclic) bond motifs is 1. The van der Waals surface area contributed by atoms with Gasteiger partial charge in [0, 0.05) is 7.05 Å². The average Bonchev–Trinajstić information content (AvgIpc) is 3.30. The predicted molar refractivity (Wildman–Crippen MR) is 134 cm³/mol. The van der Waals surface area contributed by atoms with Crippen molar-refractivity contribution in [3.8, 4) is 17.6 Å². The molecule has 35 heavy (non-hydrogen) atoms. The van der Waals surface area contributed by atoms with E-state index in [-0.39, 0.29) is 11.5 Å². The van der Waals surface area contributed by atoms with Crippen LogP contribution in [-0.4, -0.2) is 44.1 Å². The number of hydrogen-bond acceptors (Lipinski definition) is 8. The number of pyridine rings is 2. The van der Waals surface area contributed by atoms with Crippen LogP contribution in [0.15, 0.2) is 64.8 Å². The Hall–Kier alpha value is -4.53. The number of anilines is 1. The number of aromatic nitrogens is 4. The summed E-state index contributed by atoms with van der Waals surface area (Å²) >= 11 is 12.3. The smallest absolute Gasteiger partial charge is 0.275 e. The van der Waals surface area contributed by atoms with Gasteiger partial charge in [-0.05, 0) is 36.4 Å². The highest BCUT2D eigenvalue weighted by molar-refractivity contribution is 6.66. The Labute approximate surface area is 208 Å². The molecule has 0 bridgehead atoms. The first kappa shape index (κ1) is 23.6. The third-order valence-corrected chi connectivity index (χ3v) is 5.33. The van der Waals surface area contributed by atoms with Gasteiger partial charge in [0.15, 0.2) is 23.0 Å². The third-order valence-electron chi connectivity index (χ3n) is 4.70. The Bertz CT molecular complexity index is 1500. The summed E-state index contributed by atoms with van der Waals surface area (Å²) in [7, 11) is 1.43. The van der Waals surface area contributed by atoms with Crippen molar-refractivity contribution in [1.82, 2.24) is 24.9 Å². The lowest BCUT2D eigenvalue weighted by molar-refractivity contribution is -0.114. The second-order valence-electron chi connectivity index (χ2n) is 6.89. The predicted octanol–water partition coefficient (Wildman–Crippen LogP) is 3.17. The molecule has 3 heterocycles. The normalized spacial score (nSPS) is 11.8. The summed E-state index contributed by atoms with van der Waals surface area (Å²) in [5.74, 6) is -0.353. The Kier molecular flexibility index (Phi) is 6.86. The highest BCUT2D eigenvalue weighted by atomic mass is 35.5. The number of nitriles is 1. The number of nitrogens with two attached hydrogens (primary N) is 1. The SMILES string of the molecule is CNC(=O)/C(=N/Nc1c(Cl)cccc1Cl)C(N)=Nc1ccc(-c2nnc3cccc(C#N)n23)nc1. The van der Waals surface area contributed by atoms with Gasteiger partial charge in [-0.3, -0.25) is 19.6 Å². The standard InChI is InChI=1S/C22H16Cl2N10O/c1-27-22(35)19(32-31-18-14(23)5-3-6-15(18)24)20(26)29-12-8-9-16(28-11-12)21-33-30-17-7-2-4-13(10-25)34(17)21/h2-9,11,31H,1H3,(H2,26,29)(H,27,35)/b32-19+. The van der Waals surface area contributed by atoms with E-state index >= 15 is 0 Å². The maximum absolute atomic E-state index is 12.4. The van der Waals surface area contributed by atoms with Crippen molar-refractivity contribution in [2.24, 2.45) is 15.8 Å². The number of carbonyl (C=O) groups is 1. The summed E-state index contributed by atoms with van der Waals surface area (Å²) in [6.45, 7) is 0. The molecule has 0 unspecified atom stereocenters. The minimum Gasteiger partial charge on any atom is -0.382 e. The van der Waals surface area contributed by atoms with Crippen molar-refractivity contribution < 1.29 is 4.79 Å².